The van der Waals surface area contributed by atoms with E-state index in [0.717, 1.165) is 21.9 Å². The number of aryl methyl sites for hydroxylation is 2. The van der Waals surface area contributed by atoms with Crippen LogP contribution in [0.4, 0.5) is 13.2 Å². The molecule has 0 fully saturated rings. The smallest absolute Gasteiger partial charge is 0.339 e. The van der Waals surface area contributed by atoms with Gasteiger partial charge in [-0.25, -0.2) is 4.98 Å². The van der Waals surface area contributed by atoms with Crippen LogP contribution < -0.4 is 0 Å². The maximum atomic E-state index is 13.6. The molecule has 0 aliphatic heterocycles. The maximum Gasteiger partial charge on any atom is 0.416 e. The number of halogens is 3. The minimum absolute atomic E-state index is 0.192. The van der Waals surface area contributed by atoms with Crippen molar-refractivity contribution in [2.24, 2.45) is 0 Å². The number of nitrogens with one attached hydrogen (secondary N) is 1. The topological polar surface area (TPSA) is 28.7 Å². The molecule has 1 N–H and O–H groups in total. The summed E-state index contributed by atoms with van der Waals surface area (Å²) in [5.41, 5.74) is 2.93. The van der Waals surface area contributed by atoms with Gasteiger partial charge in [0.15, 0.2) is 0 Å². The molecule has 0 amide bonds. The van der Waals surface area contributed by atoms with Gasteiger partial charge in [-0.3, -0.25) is 0 Å². The summed E-state index contributed by atoms with van der Waals surface area (Å²) in [5.74, 6) is 0. The average Bonchev–Trinajstić information content (AvgIpc) is 2.94. The highest BCUT2D eigenvalue weighted by Gasteiger charge is 2.34. The molecule has 2 aromatic heterocycles. The summed E-state index contributed by atoms with van der Waals surface area (Å²) in [7, 11) is 0. The highest BCUT2D eigenvalue weighted by molar-refractivity contribution is 6.14. The third-order valence-corrected chi connectivity index (χ3v) is 4.51. The van der Waals surface area contributed by atoms with E-state index < -0.39 is 11.7 Å². The Balaban J connectivity index is 2.22. The first-order chi connectivity index (χ1) is 11.9. The van der Waals surface area contributed by atoms with Crippen molar-refractivity contribution in [1.29, 1.82) is 0 Å². The monoisotopic (exact) mass is 340 g/mol. The number of pyridine rings is 1. The Morgan fingerprint density at radius 3 is 2.40 bits per heavy atom. The first kappa shape index (κ1) is 15.7. The molecule has 0 unspecified atom stereocenters. The third kappa shape index (κ3) is 2.47. The molecule has 0 spiro atoms. The Morgan fingerprint density at radius 1 is 1.00 bits per heavy atom. The van der Waals surface area contributed by atoms with Crippen molar-refractivity contribution in [3.8, 4) is 11.1 Å². The molecule has 5 heteroatoms. The number of aromatic nitrogens is 2. The van der Waals surface area contributed by atoms with Gasteiger partial charge in [0, 0.05) is 17.0 Å². The molecular weight excluding hydrogens is 325 g/mol. The number of fused-ring (bicyclic) bond motifs is 3. The second-order valence-electron chi connectivity index (χ2n) is 6.24. The highest BCUT2D eigenvalue weighted by atomic mass is 19.4. The molecule has 0 aliphatic rings. The standard InChI is InChI=1S/C20H15F3N2/c1-11-8-15-17-14(13-6-4-3-5-7-13)9-16(20(21,22)23)12(2)18(17)25-19(15)24-10-11/h3-10H,1-2H3,(H,24,25). The van der Waals surface area contributed by atoms with Gasteiger partial charge in [-0.2, -0.15) is 13.2 Å². The number of benzene rings is 2. The number of hydrogen-bond acceptors (Lipinski definition) is 1. The van der Waals surface area contributed by atoms with Crippen LogP contribution in [0.1, 0.15) is 16.7 Å². The Morgan fingerprint density at radius 2 is 1.72 bits per heavy atom. The highest BCUT2D eigenvalue weighted by Crippen LogP contribution is 2.42. The van der Waals surface area contributed by atoms with E-state index in [1.807, 2.05) is 43.3 Å². The molecule has 0 saturated carbocycles. The Hall–Kier alpha value is -2.82. The van der Waals surface area contributed by atoms with E-state index in [9.17, 15) is 13.2 Å². The van der Waals surface area contributed by atoms with Crippen LogP contribution in [0.5, 0.6) is 0 Å². The molecule has 4 rings (SSSR count). The van der Waals surface area contributed by atoms with Crippen molar-refractivity contribution in [3.05, 3.63) is 65.4 Å². The fraction of sp³-hybridized carbons (Fsp3) is 0.150. The van der Waals surface area contributed by atoms with Gasteiger partial charge in [0.1, 0.15) is 5.65 Å². The van der Waals surface area contributed by atoms with Gasteiger partial charge < -0.3 is 4.98 Å². The molecule has 4 aromatic rings. The zero-order valence-corrected chi connectivity index (χ0v) is 13.7. The Bertz CT molecular complexity index is 1090. The number of hydrogen-bond donors (Lipinski definition) is 1. The first-order valence-electron chi connectivity index (χ1n) is 7.90. The predicted octanol–water partition coefficient (Wildman–Crippen LogP) is 6.02. The molecule has 2 nitrogen and oxygen atoms in total. The number of alkyl halides is 3. The summed E-state index contributed by atoms with van der Waals surface area (Å²) < 4.78 is 40.7. The van der Waals surface area contributed by atoms with Crippen LogP contribution in [0.15, 0.2) is 48.7 Å². The molecule has 25 heavy (non-hydrogen) atoms. The van der Waals surface area contributed by atoms with Crippen LogP contribution in [0.3, 0.4) is 0 Å². The van der Waals surface area contributed by atoms with Crippen LogP contribution in [-0.4, -0.2) is 9.97 Å². The first-order valence-corrected chi connectivity index (χ1v) is 7.90. The number of rotatable bonds is 1. The van der Waals surface area contributed by atoms with Crippen molar-refractivity contribution < 1.29 is 13.2 Å². The van der Waals surface area contributed by atoms with E-state index in [0.29, 0.717) is 16.7 Å². The lowest BCUT2D eigenvalue weighted by Crippen LogP contribution is -2.08. The van der Waals surface area contributed by atoms with Gasteiger partial charge >= 0.3 is 6.18 Å². The van der Waals surface area contributed by atoms with Crippen LogP contribution in [0.25, 0.3) is 33.1 Å². The second-order valence-corrected chi connectivity index (χ2v) is 6.24. The zero-order chi connectivity index (χ0) is 17.8. The summed E-state index contributed by atoms with van der Waals surface area (Å²) in [5, 5.41) is 1.62. The van der Waals surface area contributed by atoms with Gasteiger partial charge in [0.25, 0.3) is 0 Å². The molecule has 0 saturated heterocycles. The van der Waals surface area contributed by atoms with Crippen molar-refractivity contribution in [3.63, 3.8) is 0 Å². The van der Waals surface area contributed by atoms with Gasteiger partial charge in [-0.05, 0) is 48.2 Å². The van der Waals surface area contributed by atoms with Crippen LogP contribution in [0, 0.1) is 13.8 Å². The SMILES string of the molecule is Cc1cnc2[nH]c3c(C)c(C(F)(F)F)cc(-c4ccccc4)c3c2c1. The predicted molar refractivity (Wildman–Crippen MR) is 93.5 cm³/mol. The minimum atomic E-state index is -4.41. The number of aromatic amines is 1. The molecule has 2 heterocycles. The third-order valence-electron chi connectivity index (χ3n) is 4.51. The fourth-order valence-corrected chi connectivity index (χ4v) is 3.34. The van der Waals surface area contributed by atoms with Gasteiger partial charge in [-0.15, -0.1) is 0 Å². The van der Waals surface area contributed by atoms with E-state index in [-0.39, 0.29) is 5.56 Å². The summed E-state index contributed by atoms with van der Waals surface area (Å²) in [6, 6.07) is 12.4. The minimum Gasteiger partial charge on any atom is -0.339 e. The van der Waals surface area contributed by atoms with Gasteiger partial charge in [0.05, 0.1) is 11.1 Å². The molecule has 0 bridgehead atoms. The molecule has 0 radical (unpaired) electrons. The fourth-order valence-electron chi connectivity index (χ4n) is 3.34. The van der Waals surface area contributed by atoms with Crippen molar-refractivity contribution >= 4 is 21.9 Å². The van der Waals surface area contributed by atoms with E-state index >= 15 is 0 Å². The van der Waals surface area contributed by atoms with E-state index in [1.165, 1.54) is 13.0 Å². The van der Waals surface area contributed by atoms with Crippen molar-refractivity contribution in [2.45, 2.75) is 20.0 Å². The summed E-state index contributed by atoms with van der Waals surface area (Å²) in [6.07, 6.45) is -2.71. The van der Waals surface area contributed by atoms with E-state index in [4.69, 9.17) is 0 Å². The number of H-pyrrole nitrogens is 1. The summed E-state index contributed by atoms with van der Waals surface area (Å²) in [4.78, 5) is 7.43. The number of nitrogens with zero attached hydrogens (tertiary/aromatic N) is 1. The van der Waals surface area contributed by atoms with Crippen LogP contribution in [-0.2, 0) is 6.18 Å². The van der Waals surface area contributed by atoms with Gasteiger partial charge in [0.2, 0.25) is 0 Å². The summed E-state index contributed by atoms with van der Waals surface area (Å²) in [6.45, 7) is 3.42. The Labute approximate surface area is 142 Å². The second kappa shape index (κ2) is 5.34. The molecule has 2 aromatic carbocycles. The summed E-state index contributed by atoms with van der Waals surface area (Å²) >= 11 is 0. The lowest BCUT2D eigenvalue weighted by atomic mass is 9.94. The van der Waals surface area contributed by atoms with Crippen molar-refractivity contribution in [2.75, 3.05) is 0 Å². The largest absolute Gasteiger partial charge is 0.416 e. The molecule has 0 atom stereocenters. The normalized spacial score (nSPS) is 12.2. The van der Waals surface area contributed by atoms with Crippen LogP contribution in [0.2, 0.25) is 0 Å². The van der Waals surface area contributed by atoms with Crippen LogP contribution >= 0.6 is 0 Å². The van der Waals surface area contributed by atoms with E-state index in [1.54, 1.807) is 6.20 Å². The lowest BCUT2D eigenvalue weighted by Gasteiger charge is -2.15. The quantitative estimate of drug-likeness (QED) is 0.451. The average molecular weight is 340 g/mol. The van der Waals surface area contributed by atoms with E-state index in [2.05, 4.69) is 9.97 Å². The zero-order valence-electron chi connectivity index (χ0n) is 13.7. The Kier molecular flexibility index (Phi) is 3.35. The molecule has 0 aliphatic carbocycles. The molecular formula is C20H15F3N2. The van der Waals surface area contributed by atoms with Gasteiger partial charge in [-0.1, -0.05) is 30.3 Å². The maximum absolute atomic E-state index is 13.6. The molecule has 126 valence electrons. The van der Waals surface area contributed by atoms with Crippen molar-refractivity contribution in [1.82, 2.24) is 9.97 Å². The lowest BCUT2D eigenvalue weighted by molar-refractivity contribution is -0.137.